The third kappa shape index (κ3) is 4.17. The zero-order chi connectivity index (χ0) is 16.3. The van der Waals surface area contributed by atoms with Gasteiger partial charge in [0.25, 0.3) is 0 Å². The van der Waals surface area contributed by atoms with E-state index in [1.165, 1.54) is 12.1 Å². The van der Waals surface area contributed by atoms with E-state index in [9.17, 15) is 9.18 Å². The molecule has 0 aliphatic carbocycles. The van der Waals surface area contributed by atoms with Crippen LogP contribution in [0, 0.1) is 18.2 Å². The molecule has 0 fully saturated rings. The van der Waals surface area contributed by atoms with E-state index in [1.54, 1.807) is 17.0 Å². The van der Waals surface area contributed by atoms with Crippen molar-refractivity contribution in [1.29, 1.82) is 0 Å². The monoisotopic (exact) mass is 299 g/mol. The van der Waals surface area contributed by atoms with E-state index in [0.29, 0.717) is 12.1 Å². The standard InChI is InChI=1S/C19H22FNO/c1-14-8-10-16(11-9-14)21(18(22)13-19(2,3)4)17-7-5-6-15(20)12-17/h5-12H,13H2,1-4H3. The summed E-state index contributed by atoms with van der Waals surface area (Å²) in [5.41, 5.74) is 2.29. The van der Waals surface area contributed by atoms with Gasteiger partial charge < -0.3 is 0 Å². The van der Waals surface area contributed by atoms with Crippen molar-refractivity contribution in [3.05, 3.63) is 59.9 Å². The van der Waals surface area contributed by atoms with Crippen molar-refractivity contribution < 1.29 is 9.18 Å². The fourth-order valence-corrected chi connectivity index (χ4v) is 2.28. The van der Waals surface area contributed by atoms with Crippen molar-refractivity contribution in [2.24, 2.45) is 5.41 Å². The van der Waals surface area contributed by atoms with Gasteiger partial charge in [0.1, 0.15) is 5.82 Å². The number of benzene rings is 2. The van der Waals surface area contributed by atoms with E-state index in [-0.39, 0.29) is 17.1 Å². The van der Waals surface area contributed by atoms with Crippen LogP contribution in [-0.2, 0) is 4.79 Å². The van der Waals surface area contributed by atoms with Crippen molar-refractivity contribution in [3.63, 3.8) is 0 Å². The van der Waals surface area contributed by atoms with E-state index in [0.717, 1.165) is 11.3 Å². The van der Waals surface area contributed by atoms with E-state index in [4.69, 9.17) is 0 Å². The molecule has 0 radical (unpaired) electrons. The Labute approximate surface area is 131 Å². The van der Waals surface area contributed by atoms with E-state index in [1.807, 2.05) is 52.0 Å². The van der Waals surface area contributed by atoms with Crippen molar-refractivity contribution in [1.82, 2.24) is 0 Å². The van der Waals surface area contributed by atoms with Crippen molar-refractivity contribution in [2.75, 3.05) is 4.90 Å². The lowest BCUT2D eigenvalue weighted by Gasteiger charge is -2.27. The minimum absolute atomic E-state index is 0.0399. The molecule has 0 atom stereocenters. The maximum atomic E-state index is 13.6. The van der Waals surface area contributed by atoms with E-state index in [2.05, 4.69) is 0 Å². The highest BCUT2D eigenvalue weighted by Gasteiger charge is 2.24. The summed E-state index contributed by atoms with van der Waals surface area (Å²) in [6, 6.07) is 13.8. The molecule has 0 aromatic heterocycles. The number of anilines is 2. The summed E-state index contributed by atoms with van der Waals surface area (Å²) in [4.78, 5) is 14.4. The molecule has 2 nitrogen and oxygen atoms in total. The number of halogens is 1. The number of hydrogen-bond acceptors (Lipinski definition) is 1. The number of carbonyl (C=O) groups excluding carboxylic acids is 1. The summed E-state index contributed by atoms with van der Waals surface area (Å²) in [5, 5.41) is 0. The fraction of sp³-hybridized carbons (Fsp3) is 0.316. The number of amides is 1. The molecule has 22 heavy (non-hydrogen) atoms. The maximum absolute atomic E-state index is 13.6. The third-order valence-electron chi connectivity index (χ3n) is 3.29. The van der Waals surface area contributed by atoms with Gasteiger partial charge in [-0.05, 0) is 42.7 Å². The Morgan fingerprint density at radius 2 is 1.68 bits per heavy atom. The van der Waals surface area contributed by atoms with Gasteiger partial charge >= 0.3 is 0 Å². The molecule has 0 spiro atoms. The van der Waals surface area contributed by atoms with Gasteiger partial charge in [0.2, 0.25) is 5.91 Å². The Kier molecular flexibility index (Phi) is 4.65. The molecule has 0 saturated heterocycles. The average molecular weight is 299 g/mol. The Morgan fingerprint density at radius 3 is 2.23 bits per heavy atom. The van der Waals surface area contributed by atoms with Crippen LogP contribution in [0.25, 0.3) is 0 Å². The molecule has 2 aromatic carbocycles. The highest BCUT2D eigenvalue weighted by molar-refractivity contribution is 6.00. The maximum Gasteiger partial charge on any atom is 0.232 e. The summed E-state index contributed by atoms with van der Waals surface area (Å²) in [7, 11) is 0. The average Bonchev–Trinajstić information content (AvgIpc) is 2.39. The largest absolute Gasteiger partial charge is 0.281 e. The second-order valence-electron chi connectivity index (χ2n) is 6.78. The second-order valence-corrected chi connectivity index (χ2v) is 6.78. The van der Waals surface area contributed by atoms with Crippen molar-refractivity contribution in [3.8, 4) is 0 Å². The van der Waals surface area contributed by atoms with Gasteiger partial charge in [-0.3, -0.25) is 9.69 Å². The molecule has 0 saturated carbocycles. The molecule has 2 aromatic rings. The molecule has 0 aliphatic heterocycles. The summed E-state index contributed by atoms with van der Waals surface area (Å²) < 4.78 is 13.6. The molecule has 0 unspecified atom stereocenters. The molecule has 116 valence electrons. The Balaban J connectivity index is 2.45. The van der Waals surface area contributed by atoms with Crippen LogP contribution in [0.15, 0.2) is 48.5 Å². The van der Waals surface area contributed by atoms with Gasteiger partial charge in [-0.1, -0.05) is 44.5 Å². The first-order valence-corrected chi connectivity index (χ1v) is 7.41. The van der Waals surface area contributed by atoms with E-state index < -0.39 is 0 Å². The molecule has 0 bridgehead atoms. The van der Waals surface area contributed by atoms with Crippen LogP contribution in [-0.4, -0.2) is 5.91 Å². The van der Waals surface area contributed by atoms with Gasteiger partial charge in [-0.15, -0.1) is 0 Å². The van der Waals surface area contributed by atoms with Gasteiger partial charge in [-0.2, -0.15) is 0 Å². The lowest BCUT2D eigenvalue weighted by atomic mass is 9.91. The molecule has 0 aliphatic rings. The molecule has 0 N–H and O–H groups in total. The molecule has 1 amide bonds. The number of hydrogen-bond donors (Lipinski definition) is 0. The zero-order valence-electron chi connectivity index (χ0n) is 13.6. The van der Waals surface area contributed by atoms with Crippen LogP contribution in [0.2, 0.25) is 0 Å². The Morgan fingerprint density at radius 1 is 1.05 bits per heavy atom. The topological polar surface area (TPSA) is 20.3 Å². The van der Waals surface area contributed by atoms with Crippen LogP contribution in [0.1, 0.15) is 32.8 Å². The summed E-state index contributed by atoms with van der Waals surface area (Å²) >= 11 is 0. The van der Waals surface area contributed by atoms with Crippen LogP contribution < -0.4 is 4.90 Å². The number of carbonyl (C=O) groups is 1. The molecule has 3 heteroatoms. The molecule has 2 rings (SSSR count). The van der Waals surface area contributed by atoms with Gasteiger partial charge in [0.05, 0.1) is 5.69 Å². The first kappa shape index (κ1) is 16.2. The first-order chi connectivity index (χ1) is 10.3. The van der Waals surface area contributed by atoms with Crippen LogP contribution in [0.5, 0.6) is 0 Å². The van der Waals surface area contributed by atoms with Gasteiger partial charge in [-0.25, -0.2) is 4.39 Å². The minimum Gasteiger partial charge on any atom is -0.281 e. The molecular formula is C19H22FNO. The third-order valence-corrected chi connectivity index (χ3v) is 3.29. The Bertz CT molecular complexity index is 656. The normalized spacial score (nSPS) is 11.3. The van der Waals surface area contributed by atoms with Gasteiger partial charge in [0, 0.05) is 12.1 Å². The lowest BCUT2D eigenvalue weighted by Crippen LogP contribution is -2.29. The smallest absolute Gasteiger partial charge is 0.232 e. The van der Waals surface area contributed by atoms with Gasteiger partial charge in [0.15, 0.2) is 0 Å². The lowest BCUT2D eigenvalue weighted by molar-refractivity contribution is -0.119. The predicted octanol–water partition coefficient (Wildman–Crippen LogP) is 5.24. The Hall–Kier alpha value is -2.16. The zero-order valence-corrected chi connectivity index (χ0v) is 13.6. The highest BCUT2D eigenvalue weighted by atomic mass is 19.1. The number of aryl methyl sites for hydroxylation is 1. The predicted molar refractivity (Wildman–Crippen MR) is 88.8 cm³/mol. The summed E-state index contributed by atoms with van der Waals surface area (Å²) in [5.74, 6) is -0.389. The van der Waals surface area contributed by atoms with Crippen LogP contribution >= 0.6 is 0 Å². The van der Waals surface area contributed by atoms with Crippen LogP contribution in [0.4, 0.5) is 15.8 Å². The van der Waals surface area contributed by atoms with Crippen molar-refractivity contribution >= 4 is 17.3 Å². The van der Waals surface area contributed by atoms with Crippen LogP contribution in [0.3, 0.4) is 0 Å². The highest BCUT2D eigenvalue weighted by Crippen LogP contribution is 2.30. The minimum atomic E-state index is -0.349. The first-order valence-electron chi connectivity index (χ1n) is 7.41. The second kappa shape index (κ2) is 6.30. The SMILES string of the molecule is Cc1ccc(N(C(=O)CC(C)(C)C)c2cccc(F)c2)cc1. The summed E-state index contributed by atoms with van der Waals surface area (Å²) in [6.07, 6.45) is 0.386. The number of nitrogens with zero attached hydrogens (tertiary/aromatic N) is 1. The molecular weight excluding hydrogens is 277 g/mol. The fourth-order valence-electron chi connectivity index (χ4n) is 2.28. The van der Waals surface area contributed by atoms with Crippen molar-refractivity contribution in [2.45, 2.75) is 34.1 Å². The van der Waals surface area contributed by atoms with E-state index >= 15 is 0 Å². The quantitative estimate of drug-likeness (QED) is 0.759. The number of rotatable bonds is 3. The summed E-state index contributed by atoms with van der Waals surface area (Å²) in [6.45, 7) is 8.05. The molecule has 0 heterocycles.